The van der Waals surface area contributed by atoms with Gasteiger partial charge in [0, 0.05) is 16.3 Å². The predicted octanol–water partition coefficient (Wildman–Crippen LogP) is 3.33. The molecule has 0 spiro atoms. The van der Waals surface area contributed by atoms with Crippen LogP contribution in [-0.4, -0.2) is 24.6 Å². The van der Waals surface area contributed by atoms with Crippen LogP contribution in [-0.2, 0) is 6.42 Å². The van der Waals surface area contributed by atoms with Crippen LogP contribution in [0.3, 0.4) is 0 Å². The highest BCUT2D eigenvalue weighted by Gasteiger charge is 2.06. The summed E-state index contributed by atoms with van der Waals surface area (Å²) >= 11 is 5.44. The summed E-state index contributed by atoms with van der Waals surface area (Å²) in [5, 5.41) is 3.37. The van der Waals surface area contributed by atoms with Crippen molar-refractivity contribution in [3.63, 3.8) is 0 Å². The van der Waals surface area contributed by atoms with Crippen molar-refractivity contribution in [2.45, 2.75) is 19.4 Å². The minimum absolute atomic E-state index is 0.580. The van der Waals surface area contributed by atoms with Gasteiger partial charge in [-0.3, -0.25) is 0 Å². The van der Waals surface area contributed by atoms with E-state index in [1.807, 2.05) is 18.8 Å². The lowest BCUT2D eigenvalue weighted by atomic mass is 10.1. The van der Waals surface area contributed by atoms with E-state index in [-0.39, 0.29) is 0 Å². The second kappa shape index (κ2) is 7.31. The van der Waals surface area contributed by atoms with E-state index < -0.39 is 0 Å². The molecule has 0 aliphatic carbocycles. The average Bonchev–Trinajstić information content (AvgIpc) is 2.27. The Bertz CT molecular complexity index is 273. The summed E-state index contributed by atoms with van der Waals surface area (Å²) in [7, 11) is 2.04. The maximum absolute atomic E-state index is 3.45. The predicted molar refractivity (Wildman–Crippen MR) is 73.7 cm³/mol. The molecule has 0 saturated carbocycles. The molecular weight excluding hydrogens is 270 g/mol. The first-order valence-electron chi connectivity index (χ1n) is 5.25. The minimum Gasteiger partial charge on any atom is -0.316 e. The van der Waals surface area contributed by atoms with Crippen LogP contribution in [0, 0.1) is 0 Å². The molecular formula is C12H18BrNS. The number of rotatable bonds is 6. The van der Waals surface area contributed by atoms with Crippen molar-refractivity contribution in [3.8, 4) is 0 Å². The summed E-state index contributed by atoms with van der Waals surface area (Å²) in [5.41, 5.74) is 1.40. The van der Waals surface area contributed by atoms with Crippen molar-refractivity contribution >= 4 is 27.7 Å². The molecule has 0 aliphatic heterocycles. The lowest BCUT2D eigenvalue weighted by Crippen LogP contribution is -2.30. The highest BCUT2D eigenvalue weighted by atomic mass is 79.9. The van der Waals surface area contributed by atoms with Gasteiger partial charge in [-0.15, -0.1) is 0 Å². The van der Waals surface area contributed by atoms with Gasteiger partial charge in [0.25, 0.3) is 0 Å². The van der Waals surface area contributed by atoms with Crippen LogP contribution in [0.2, 0.25) is 0 Å². The van der Waals surface area contributed by atoms with Crippen LogP contribution in [0.1, 0.15) is 12.5 Å². The maximum atomic E-state index is 3.45. The number of nitrogens with one attached hydrogen (secondary N) is 1. The second-order valence-corrected chi connectivity index (χ2v) is 5.71. The first kappa shape index (κ1) is 13.1. The van der Waals surface area contributed by atoms with Crippen LogP contribution >= 0.6 is 27.7 Å². The van der Waals surface area contributed by atoms with Crippen molar-refractivity contribution in [1.29, 1.82) is 0 Å². The zero-order valence-corrected chi connectivity index (χ0v) is 11.7. The summed E-state index contributed by atoms with van der Waals surface area (Å²) < 4.78 is 1.15. The maximum Gasteiger partial charge on any atom is 0.0195 e. The molecule has 0 amide bonds. The number of benzene rings is 1. The van der Waals surface area contributed by atoms with Crippen molar-refractivity contribution in [2.75, 3.05) is 18.6 Å². The number of thioether (sulfide) groups is 1. The third-order valence-electron chi connectivity index (χ3n) is 2.33. The van der Waals surface area contributed by atoms with Gasteiger partial charge in [0.15, 0.2) is 0 Å². The van der Waals surface area contributed by atoms with Gasteiger partial charge >= 0.3 is 0 Å². The number of hydrogen-bond acceptors (Lipinski definition) is 2. The Kier molecular flexibility index (Phi) is 6.37. The smallest absolute Gasteiger partial charge is 0.0195 e. The molecule has 1 nitrogen and oxygen atoms in total. The molecule has 0 bridgehead atoms. The first-order chi connectivity index (χ1) is 7.26. The molecule has 0 aliphatic rings. The molecule has 1 rings (SSSR count). The van der Waals surface area contributed by atoms with Crippen LogP contribution < -0.4 is 5.32 Å². The molecule has 0 aromatic heterocycles. The van der Waals surface area contributed by atoms with E-state index >= 15 is 0 Å². The average molecular weight is 288 g/mol. The van der Waals surface area contributed by atoms with Gasteiger partial charge in [-0.2, -0.15) is 11.8 Å². The Balaban J connectivity index is 2.47. The molecule has 1 atom stereocenters. The fourth-order valence-electron chi connectivity index (χ4n) is 1.41. The Labute approximate surface area is 105 Å². The van der Waals surface area contributed by atoms with Crippen molar-refractivity contribution < 1.29 is 0 Å². The molecule has 1 aromatic rings. The highest BCUT2D eigenvalue weighted by molar-refractivity contribution is 9.10. The van der Waals surface area contributed by atoms with E-state index in [4.69, 9.17) is 0 Å². The summed E-state index contributed by atoms with van der Waals surface area (Å²) in [6.45, 7) is 2.21. The summed E-state index contributed by atoms with van der Waals surface area (Å²) in [6.07, 6.45) is 1.11. The van der Waals surface area contributed by atoms with Crippen LogP contribution in [0.15, 0.2) is 28.7 Å². The van der Waals surface area contributed by atoms with Crippen molar-refractivity contribution in [3.05, 3.63) is 34.3 Å². The standard InChI is InChI=1S/C12H18BrNS/c1-3-15-9-12(14-2)8-10-4-6-11(13)7-5-10/h4-7,12,14H,3,8-9H2,1-2H3. The van der Waals surface area contributed by atoms with E-state index in [0.717, 1.165) is 10.9 Å². The fourth-order valence-corrected chi connectivity index (χ4v) is 2.48. The van der Waals surface area contributed by atoms with Crippen LogP contribution in [0.5, 0.6) is 0 Å². The number of hydrogen-bond donors (Lipinski definition) is 1. The first-order valence-corrected chi connectivity index (χ1v) is 7.20. The summed E-state index contributed by atoms with van der Waals surface area (Å²) in [5.74, 6) is 2.38. The summed E-state index contributed by atoms with van der Waals surface area (Å²) in [6, 6.07) is 9.16. The summed E-state index contributed by atoms with van der Waals surface area (Å²) in [4.78, 5) is 0. The van der Waals surface area contributed by atoms with Crippen molar-refractivity contribution in [1.82, 2.24) is 5.32 Å². The Morgan fingerprint density at radius 2 is 2.00 bits per heavy atom. The molecule has 15 heavy (non-hydrogen) atoms. The normalized spacial score (nSPS) is 12.7. The van der Waals surface area contributed by atoms with E-state index in [0.29, 0.717) is 6.04 Å². The molecule has 1 N–H and O–H groups in total. The van der Waals surface area contributed by atoms with Crippen LogP contribution in [0.25, 0.3) is 0 Å². The largest absolute Gasteiger partial charge is 0.316 e. The van der Waals surface area contributed by atoms with Gasteiger partial charge in [-0.25, -0.2) is 0 Å². The van der Waals surface area contributed by atoms with E-state index in [2.05, 4.69) is 52.4 Å². The molecule has 0 heterocycles. The lowest BCUT2D eigenvalue weighted by Gasteiger charge is -2.15. The minimum atomic E-state index is 0.580. The van der Waals surface area contributed by atoms with E-state index in [1.165, 1.54) is 17.1 Å². The Morgan fingerprint density at radius 1 is 1.33 bits per heavy atom. The van der Waals surface area contributed by atoms with Gasteiger partial charge in [0.2, 0.25) is 0 Å². The molecule has 1 unspecified atom stereocenters. The van der Waals surface area contributed by atoms with Gasteiger partial charge < -0.3 is 5.32 Å². The van der Waals surface area contributed by atoms with E-state index in [9.17, 15) is 0 Å². The molecule has 0 saturated heterocycles. The van der Waals surface area contributed by atoms with Crippen molar-refractivity contribution in [2.24, 2.45) is 0 Å². The third-order valence-corrected chi connectivity index (χ3v) is 3.90. The lowest BCUT2D eigenvalue weighted by molar-refractivity contribution is 0.617. The monoisotopic (exact) mass is 287 g/mol. The molecule has 3 heteroatoms. The topological polar surface area (TPSA) is 12.0 Å². The molecule has 1 aromatic carbocycles. The third kappa shape index (κ3) is 5.05. The Morgan fingerprint density at radius 3 is 2.53 bits per heavy atom. The van der Waals surface area contributed by atoms with E-state index in [1.54, 1.807) is 0 Å². The number of likely N-dealkylation sites (N-methyl/N-ethyl adjacent to an activating group) is 1. The SMILES string of the molecule is CCSCC(Cc1ccc(Br)cc1)NC. The van der Waals surface area contributed by atoms with Gasteiger partial charge in [0.1, 0.15) is 0 Å². The Hall–Kier alpha value is 0.01000. The zero-order valence-electron chi connectivity index (χ0n) is 9.29. The van der Waals surface area contributed by atoms with Gasteiger partial charge in [0.05, 0.1) is 0 Å². The van der Waals surface area contributed by atoms with Gasteiger partial charge in [-0.1, -0.05) is 35.0 Å². The molecule has 0 radical (unpaired) electrons. The van der Waals surface area contributed by atoms with Crippen LogP contribution in [0.4, 0.5) is 0 Å². The quantitative estimate of drug-likeness (QED) is 0.861. The highest BCUT2D eigenvalue weighted by Crippen LogP contribution is 2.13. The molecule has 0 fully saturated rings. The van der Waals surface area contributed by atoms with Gasteiger partial charge in [-0.05, 0) is 36.9 Å². The number of halogens is 1. The zero-order chi connectivity index (χ0) is 11.1. The fraction of sp³-hybridized carbons (Fsp3) is 0.500. The second-order valence-electron chi connectivity index (χ2n) is 3.48. The molecule has 84 valence electrons.